The van der Waals surface area contributed by atoms with Crippen LogP contribution in [-0.2, 0) is 0 Å². The summed E-state index contributed by atoms with van der Waals surface area (Å²) in [5, 5.41) is 15.3. The Morgan fingerprint density at radius 2 is 1.94 bits per heavy atom. The third-order valence-electron chi connectivity index (χ3n) is 4.10. The first-order chi connectivity index (χ1) is 8.03. The molecule has 0 aromatic carbocycles. The topological polar surface area (TPSA) is 61.4 Å². The average molecular weight is 242 g/mol. The number of hydrogen-bond donors (Lipinski definition) is 3. The van der Waals surface area contributed by atoms with Crippen molar-refractivity contribution in [2.75, 3.05) is 6.61 Å². The van der Waals surface area contributed by atoms with Gasteiger partial charge in [0.25, 0.3) is 0 Å². The molecule has 0 radical (unpaired) electrons. The maximum atomic E-state index is 11.9. The molecule has 2 atom stereocenters. The van der Waals surface area contributed by atoms with Gasteiger partial charge in [0.1, 0.15) is 0 Å². The predicted octanol–water partition coefficient (Wildman–Crippen LogP) is 2.03. The van der Waals surface area contributed by atoms with E-state index < -0.39 is 0 Å². The van der Waals surface area contributed by atoms with E-state index in [2.05, 4.69) is 24.5 Å². The van der Waals surface area contributed by atoms with Crippen LogP contribution in [0.4, 0.5) is 4.79 Å². The van der Waals surface area contributed by atoms with Gasteiger partial charge in [-0.1, -0.05) is 33.1 Å². The Bertz CT molecular complexity index is 250. The van der Waals surface area contributed by atoms with Crippen molar-refractivity contribution in [3.05, 3.63) is 0 Å². The van der Waals surface area contributed by atoms with Crippen molar-refractivity contribution < 1.29 is 9.90 Å². The fourth-order valence-electron chi connectivity index (χ4n) is 2.35. The first kappa shape index (κ1) is 14.3. The van der Waals surface area contributed by atoms with Crippen molar-refractivity contribution in [2.24, 2.45) is 5.92 Å². The Labute approximate surface area is 104 Å². The van der Waals surface area contributed by atoms with E-state index in [0.29, 0.717) is 5.92 Å². The van der Waals surface area contributed by atoms with E-state index in [-0.39, 0.29) is 24.2 Å². The summed E-state index contributed by atoms with van der Waals surface area (Å²) in [7, 11) is 0. The van der Waals surface area contributed by atoms with Crippen LogP contribution >= 0.6 is 0 Å². The highest BCUT2D eigenvalue weighted by Gasteiger charge is 2.34. The smallest absolute Gasteiger partial charge is 0.315 e. The molecule has 0 spiro atoms. The van der Waals surface area contributed by atoms with Gasteiger partial charge in [-0.25, -0.2) is 4.79 Å². The summed E-state index contributed by atoms with van der Waals surface area (Å²) in [5.41, 5.74) is -0.376. The van der Waals surface area contributed by atoms with Crippen LogP contribution in [0.5, 0.6) is 0 Å². The van der Waals surface area contributed by atoms with Crippen molar-refractivity contribution in [3.63, 3.8) is 0 Å². The lowest BCUT2D eigenvalue weighted by Crippen LogP contribution is -2.55. The third kappa shape index (κ3) is 3.87. The van der Waals surface area contributed by atoms with E-state index in [1.54, 1.807) is 0 Å². The van der Waals surface area contributed by atoms with Crippen molar-refractivity contribution in [1.82, 2.24) is 10.6 Å². The van der Waals surface area contributed by atoms with Gasteiger partial charge in [-0.15, -0.1) is 0 Å². The van der Waals surface area contributed by atoms with Crippen LogP contribution in [0.2, 0.25) is 0 Å². The van der Waals surface area contributed by atoms with Gasteiger partial charge in [0.05, 0.1) is 12.1 Å². The van der Waals surface area contributed by atoms with Crippen LogP contribution in [-0.4, -0.2) is 29.3 Å². The molecule has 0 aromatic rings. The van der Waals surface area contributed by atoms with E-state index in [4.69, 9.17) is 0 Å². The standard InChI is InChI=1S/C13H26N2O2/c1-4-10(2)11(3)14-12(17)15-13(9-16)7-5-6-8-13/h10-11,16H,4-9H2,1-3H3,(H2,14,15,17). The number of rotatable bonds is 5. The minimum atomic E-state index is -0.376. The highest BCUT2D eigenvalue weighted by molar-refractivity contribution is 5.75. The van der Waals surface area contributed by atoms with Gasteiger partial charge in [0.15, 0.2) is 0 Å². The lowest BCUT2D eigenvalue weighted by atomic mass is 9.99. The summed E-state index contributed by atoms with van der Waals surface area (Å²) in [6.07, 6.45) is 4.99. The highest BCUT2D eigenvalue weighted by Crippen LogP contribution is 2.28. The van der Waals surface area contributed by atoms with Crippen LogP contribution in [0, 0.1) is 5.92 Å². The molecule has 1 rings (SSSR count). The molecule has 0 aliphatic heterocycles. The zero-order valence-corrected chi connectivity index (χ0v) is 11.3. The van der Waals surface area contributed by atoms with E-state index in [1.807, 2.05) is 6.92 Å². The molecule has 2 amide bonds. The molecule has 17 heavy (non-hydrogen) atoms. The molecule has 1 aliphatic carbocycles. The molecule has 4 heteroatoms. The Balaban J connectivity index is 2.43. The zero-order chi connectivity index (χ0) is 12.9. The first-order valence-corrected chi connectivity index (χ1v) is 6.72. The normalized spacial score (nSPS) is 21.9. The van der Waals surface area contributed by atoms with Crippen molar-refractivity contribution in [2.45, 2.75) is 64.5 Å². The van der Waals surface area contributed by atoms with Gasteiger partial charge < -0.3 is 15.7 Å². The second-order valence-electron chi connectivity index (χ2n) is 5.42. The van der Waals surface area contributed by atoms with E-state index in [9.17, 15) is 9.90 Å². The molecule has 0 aromatic heterocycles. The summed E-state index contributed by atoms with van der Waals surface area (Å²) in [6.45, 7) is 6.31. The van der Waals surface area contributed by atoms with E-state index >= 15 is 0 Å². The van der Waals surface area contributed by atoms with Crippen LogP contribution in [0.1, 0.15) is 52.9 Å². The van der Waals surface area contributed by atoms with Gasteiger partial charge in [0.2, 0.25) is 0 Å². The Hall–Kier alpha value is -0.770. The summed E-state index contributed by atoms with van der Waals surface area (Å²) in [6, 6.07) is 0.0193. The molecule has 100 valence electrons. The molecule has 0 saturated heterocycles. The summed E-state index contributed by atoms with van der Waals surface area (Å²) >= 11 is 0. The minimum absolute atomic E-state index is 0.0398. The van der Waals surface area contributed by atoms with Crippen LogP contribution in [0.3, 0.4) is 0 Å². The fourth-order valence-corrected chi connectivity index (χ4v) is 2.35. The SMILES string of the molecule is CCC(C)C(C)NC(=O)NC1(CO)CCCC1. The lowest BCUT2D eigenvalue weighted by Gasteiger charge is -2.29. The molecule has 0 bridgehead atoms. The van der Waals surface area contributed by atoms with Crippen LogP contribution in [0.25, 0.3) is 0 Å². The Morgan fingerprint density at radius 3 is 2.41 bits per heavy atom. The number of carbonyl (C=O) groups excluding carboxylic acids is 1. The summed E-state index contributed by atoms with van der Waals surface area (Å²) in [5.74, 6) is 0.467. The third-order valence-corrected chi connectivity index (χ3v) is 4.10. The number of amides is 2. The molecule has 1 fully saturated rings. The number of hydrogen-bond acceptors (Lipinski definition) is 2. The van der Waals surface area contributed by atoms with Gasteiger partial charge >= 0.3 is 6.03 Å². The van der Waals surface area contributed by atoms with Crippen molar-refractivity contribution in [3.8, 4) is 0 Å². The predicted molar refractivity (Wildman–Crippen MR) is 68.9 cm³/mol. The number of aliphatic hydroxyl groups is 1. The van der Waals surface area contributed by atoms with E-state index in [1.165, 1.54) is 0 Å². The molecule has 1 aliphatic rings. The summed E-state index contributed by atoms with van der Waals surface area (Å²) in [4.78, 5) is 11.9. The second-order valence-corrected chi connectivity index (χ2v) is 5.42. The molecule has 4 nitrogen and oxygen atoms in total. The van der Waals surface area contributed by atoms with Crippen molar-refractivity contribution >= 4 is 6.03 Å². The number of carbonyl (C=O) groups is 1. The lowest BCUT2D eigenvalue weighted by molar-refractivity contribution is 0.160. The molecule has 3 N–H and O–H groups in total. The highest BCUT2D eigenvalue weighted by atomic mass is 16.3. The largest absolute Gasteiger partial charge is 0.394 e. The first-order valence-electron chi connectivity index (χ1n) is 6.72. The van der Waals surface area contributed by atoms with Gasteiger partial charge in [-0.05, 0) is 25.7 Å². The molecule has 2 unspecified atom stereocenters. The van der Waals surface area contributed by atoms with Crippen molar-refractivity contribution in [1.29, 1.82) is 0 Å². The second kappa shape index (κ2) is 6.24. The number of aliphatic hydroxyl groups excluding tert-OH is 1. The maximum Gasteiger partial charge on any atom is 0.315 e. The van der Waals surface area contributed by atoms with Crippen LogP contribution < -0.4 is 10.6 Å². The summed E-state index contributed by atoms with van der Waals surface area (Å²) < 4.78 is 0. The number of nitrogens with one attached hydrogen (secondary N) is 2. The molecule has 1 saturated carbocycles. The monoisotopic (exact) mass is 242 g/mol. The number of urea groups is 1. The van der Waals surface area contributed by atoms with Gasteiger partial charge in [0, 0.05) is 6.04 Å². The quantitative estimate of drug-likeness (QED) is 0.690. The van der Waals surface area contributed by atoms with Gasteiger partial charge in [-0.3, -0.25) is 0 Å². The minimum Gasteiger partial charge on any atom is -0.394 e. The fraction of sp³-hybridized carbons (Fsp3) is 0.923. The maximum absolute atomic E-state index is 11.9. The van der Waals surface area contributed by atoms with E-state index in [0.717, 1.165) is 32.1 Å². The van der Waals surface area contributed by atoms with Crippen LogP contribution in [0.15, 0.2) is 0 Å². The Kier molecular flexibility index (Phi) is 5.25. The zero-order valence-electron chi connectivity index (χ0n) is 11.3. The molecule has 0 heterocycles. The molecular formula is C13H26N2O2. The molecular weight excluding hydrogens is 216 g/mol. The average Bonchev–Trinajstić information content (AvgIpc) is 2.76. The Morgan fingerprint density at radius 1 is 1.35 bits per heavy atom. The van der Waals surface area contributed by atoms with Gasteiger partial charge in [-0.2, -0.15) is 0 Å².